The molecule has 0 saturated carbocycles. The number of hydrogen-bond acceptors (Lipinski definition) is 3. The van der Waals surface area contributed by atoms with E-state index in [0.29, 0.717) is 0 Å². The summed E-state index contributed by atoms with van der Waals surface area (Å²) in [7, 11) is 0. The molecular weight excluding hydrogens is 332 g/mol. The van der Waals surface area contributed by atoms with Crippen LogP contribution in [0.4, 0.5) is 13.6 Å². The SMILES string of the molecule is O=C(O)CC(Cc1cc(F)ccc1F)NC(=O)OCc1ccccc1. The molecule has 0 bridgehead atoms. The lowest BCUT2D eigenvalue weighted by atomic mass is 10.0. The van der Waals surface area contributed by atoms with E-state index in [2.05, 4.69) is 5.32 Å². The molecule has 2 N–H and O–H groups in total. The van der Waals surface area contributed by atoms with Crippen LogP contribution >= 0.6 is 0 Å². The minimum Gasteiger partial charge on any atom is -0.481 e. The van der Waals surface area contributed by atoms with Gasteiger partial charge in [-0.3, -0.25) is 4.79 Å². The molecule has 0 radical (unpaired) electrons. The van der Waals surface area contributed by atoms with E-state index in [1.807, 2.05) is 6.07 Å². The predicted octanol–water partition coefficient (Wildman–Crippen LogP) is 3.28. The Bertz CT molecular complexity index is 737. The molecule has 0 heterocycles. The van der Waals surface area contributed by atoms with Crippen molar-refractivity contribution in [2.75, 3.05) is 0 Å². The maximum Gasteiger partial charge on any atom is 0.407 e. The second kappa shape index (κ2) is 8.77. The van der Waals surface area contributed by atoms with Crippen LogP contribution in [-0.2, 0) is 22.6 Å². The number of nitrogens with one attached hydrogen (secondary N) is 1. The molecule has 5 nitrogen and oxygen atoms in total. The van der Waals surface area contributed by atoms with Crippen molar-refractivity contribution in [3.05, 3.63) is 71.3 Å². The first-order valence-electron chi connectivity index (χ1n) is 7.57. The molecule has 0 aliphatic heterocycles. The third-order valence-corrected chi connectivity index (χ3v) is 3.43. The van der Waals surface area contributed by atoms with Crippen molar-refractivity contribution in [2.24, 2.45) is 0 Å². The molecule has 1 unspecified atom stereocenters. The maximum atomic E-state index is 13.7. The van der Waals surface area contributed by atoms with Crippen molar-refractivity contribution in [2.45, 2.75) is 25.5 Å². The molecule has 132 valence electrons. The minimum absolute atomic E-state index is 0.0147. The number of carboxylic acids is 1. The molecule has 25 heavy (non-hydrogen) atoms. The van der Waals surface area contributed by atoms with Crippen molar-refractivity contribution in [3.63, 3.8) is 0 Å². The highest BCUT2D eigenvalue weighted by Gasteiger charge is 2.19. The van der Waals surface area contributed by atoms with Crippen LogP contribution in [0.2, 0.25) is 0 Å². The Labute approximate surface area is 143 Å². The fourth-order valence-corrected chi connectivity index (χ4v) is 2.28. The molecule has 2 rings (SSSR count). The highest BCUT2D eigenvalue weighted by atomic mass is 19.1. The van der Waals surface area contributed by atoms with Gasteiger partial charge in [0, 0.05) is 6.04 Å². The third-order valence-electron chi connectivity index (χ3n) is 3.43. The van der Waals surface area contributed by atoms with Crippen LogP contribution in [-0.4, -0.2) is 23.2 Å². The highest BCUT2D eigenvalue weighted by molar-refractivity contribution is 5.71. The van der Waals surface area contributed by atoms with Crippen LogP contribution in [0.15, 0.2) is 48.5 Å². The zero-order chi connectivity index (χ0) is 18.2. The number of carbonyl (C=O) groups is 2. The van der Waals surface area contributed by atoms with Gasteiger partial charge in [-0.25, -0.2) is 13.6 Å². The van der Waals surface area contributed by atoms with Gasteiger partial charge in [0.15, 0.2) is 0 Å². The molecule has 0 aromatic heterocycles. The Morgan fingerprint density at radius 2 is 1.84 bits per heavy atom. The number of carbonyl (C=O) groups excluding carboxylic acids is 1. The van der Waals surface area contributed by atoms with Gasteiger partial charge in [0.25, 0.3) is 0 Å². The number of ether oxygens (including phenoxy) is 1. The molecule has 0 saturated heterocycles. The lowest BCUT2D eigenvalue weighted by Crippen LogP contribution is -2.38. The minimum atomic E-state index is -1.18. The van der Waals surface area contributed by atoms with E-state index in [0.717, 1.165) is 23.8 Å². The van der Waals surface area contributed by atoms with Crippen LogP contribution < -0.4 is 5.32 Å². The second-order valence-corrected chi connectivity index (χ2v) is 5.44. The number of aliphatic carboxylic acids is 1. The number of benzene rings is 2. The standard InChI is InChI=1S/C18H17F2NO4/c19-14-6-7-16(20)13(8-14)9-15(10-17(22)23)21-18(24)25-11-12-4-2-1-3-5-12/h1-8,15H,9-11H2,(H,21,24)(H,22,23). The first-order chi connectivity index (χ1) is 11.9. The summed E-state index contributed by atoms with van der Waals surface area (Å²) in [5.74, 6) is -2.49. The van der Waals surface area contributed by atoms with E-state index in [9.17, 15) is 18.4 Å². The summed E-state index contributed by atoms with van der Waals surface area (Å²) in [5.41, 5.74) is 0.748. The van der Waals surface area contributed by atoms with Gasteiger partial charge < -0.3 is 15.2 Å². The average Bonchev–Trinajstić information content (AvgIpc) is 2.56. The molecule has 0 aliphatic carbocycles. The molecule has 2 aromatic rings. The van der Waals surface area contributed by atoms with Crippen LogP contribution in [0.25, 0.3) is 0 Å². The van der Waals surface area contributed by atoms with Crippen LogP contribution in [0.5, 0.6) is 0 Å². The van der Waals surface area contributed by atoms with Gasteiger partial charge >= 0.3 is 12.1 Å². The summed E-state index contributed by atoms with van der Waals surface area (Å²) in [5, 5.41) is 11.3. The Morgan fingerprint density at radius 1 is 1.12 bits per heavy atom. The number of amides is 1. The van der Waals surface area contributed by atoms with Crippen LogP contribution in [0.3, 0.4) is 0 Å². The Hall–Kier alpha value is -2.96. The lowest BCUT2D eigenvalue weighted by molar-refractivity contribution is -0.137. The quantitative estimate of drug-likeness (QED) is 0.804. The second-order valence-electron chi connectivity index (χ2n) is 5.44. The van der Waals surface area contributed by atoms with E-state index in [-0.39, 0.29) is 18.6 Å². The number of alkyl carbamates (subject to hydrolysis) is 1. The average molecular weight is 349 g/mol. The summed E-state index contributed by atoms with van der Waals surface area (Å²) < 4.78 is 32.0. The van der Waals surface area contributed by atoms with E-state index < -0.39 is 36.2 Å². The molecule has 7 heteroatoms. The van der Waals surface area contributed by atoms with Crippen LogP contribution in [0, 0.1) is 11.6 Å². The summed E-state index contributed by atoms with van der Waals surface area (Å²) >= 11 is 0. The fourth-order valence-electron chi connectivity index (χ4n) is 2.28. The summed E-state index contributed by atoms with van der Waals surface area (Å²) in [4.78, 5) is 22.8. The van der Waals surface area contributed by atoms with Crippen molar-refractivity contribution in [3.8, 4) is 0 Å². The van der Waals surface area contributed by atoms with Gasteiger partial charge in [0.05, 0.1) is 6.42 Å². The molecule has 1 amide bonds. The number of carboxylic acid groups (broad SMARTS) is 1. The third kappa shape index (κ3) is 6.21. The topological polar surface area (TPSA) is 75.6 Å². The Kier molecular flexibility index (Phi) is 6.45. The zero-order valence-electron chi connectivity index (χ0n) is 13.2. The normalized spacial score (nSPS) is 11.6. The maximum absolute atomic E-state index is 13.7. The zero-order valence-corrected chi connectivity index (χ0v) is 13.2. The summed E-state index contributed by atoms with van der Waals surface area (Å²) in [6, 6.07) is 10.9. The predicted molar refractivity (Wildman–Crippen MR) is 85.9 cm³/mol. The smallest absolute Gasteiger partial charge is 0.407 e. The van der Waals surface area contributed by atoms with Crippen molar-refractivity contribution >= 4 is 12.1 Å². The van der Waals surface area contributed by atoms with Crippen molar-refractivity contribution in [1.29, 1.82) is 0 Å². The Morgan fingerprint density at radius 3 is 2.52 bits per heavy atom. The van der Waals surface area contributed by atoms with Crippen LogP contribution in [0.1, 0.15) is 17.5 Å². The highest BCUT2D eigenvalue weighted by Crippen LogP contribution is 2.13. The van der Waals surface area contributed by atoms with E-state index in [4.69, 9.17) is 9.84 Å². The molecule has 1 atom stereocenters. The number of halogens is 2. The molecule has 0 fully saturated rings. The van der Waals surface area contributed by atoms with E-state index >= 15 is 0 Å². The fraction of sp³-hybridized carbons (Fsp3) is 0.222. The van der Waals surface area contributed by atoms with Crippen molar-refractivity contribution < 1.29 is 28.2 Å². The van der Waals surface area contributed by atoms with Gasteiger partial charge in [-0.15, -0.1) is 0 Å². The monoisotopic (exact) mass is 349 g/mol. The molecule has 0 aliphatic rings. The molecular formula is C18H17F2NO4. The van der Waals surface area contributed by atoms with Crippen molar-refractivity contribution in [1.82, 2.24) is 5.32 Å². The molecule has 0 spiro atoms. The summed E-state index contributed by atoms with van der Waals surface area (Å²) in [6.07, 6.45) is -1.45. The first-order valence-corrected chi connectivity index (χ1v) is 7.57. The van der Waals surface area contributed by atoms with E-state index in [1.54, 1.807) is 24.3 Å². The Balaban J connectivity index is 1.98. The number of hydrogen-bond donors (Lipinski definition) is 2. The van der Waals surface area contributed by atoms with Gasteiger partial charge in [0.2, 0.25) is 0 Å². The largest absolute Gasteiger partial charge is 0.481 e. The molecule has 2 aromatic carbocycles. The van der Waals surface area contributed by atoms with Gasteiger partial charge in [-0.1, -0.05) is 30.3 Å². The lowest BCUT2D eigenvalue weighted by Gasteiger charge is -2.17. The summed E-state index contributed by atoms with van der Waals surface area (Å²) in [6.45, 7) is 0.0147. The van der Waals surface area contributed by atoms with Gasteiger partial charge in [-0.2, -0.15) is 0 Å². The first kappa shape index (κ1) is 18.4. The van der Waals surface area contributed by atoms with E-state index in [1.165, 1.54) is 0 Å². The number of rotatable bonds is 7. The van der Waals surface area contributed by atoms with Gasteiger partial charge in [-0.05, 0) is 35.7 Å². The van der Waals surface area contributed by atoms with Gasteiger partial charge in [0.1, 0.15) is 18.2 Å².